The summed E-state index contributed by atoms with van der Waals surface area (Å²) in [4.78, 5) is 0. The molecule has 5 nitrogen and oxygen atoms in total. The summed E-state index contributed by atoms with van der Waals surface area (Å²) in [5, 5.41) is 16.2. The van der Waals surface area contributed by atoms with Gasteiger partial charge in [-0.15, -0.1) is 0 Å². The molecule has 104 valence electrons. The van der Waals surface area contributed by atoms with Crippen LogP contribution in [0.2, 0.25) is 0 Å². The molecule has 0 aliphatic carbocycles. The van der Waals surface area contributed by atoms with Gasteiger partial charge in [-0.3, -0.25) is 4.68 Å². The highest BCUT2D eigenvalue weighted by molar-refractivity contribution is 5.34. The molecule has 0 unspecified atom stereocenters. The Kier molecular flexibility index (Phi) is 5.15. The van der Waals surface area contributed by atoms with Gasteiger partial charge in [0.15, 0.2) is 0 Å². The maximum absolute atomic E-state index is 8.70. The molecule has 0 aliphatic heterocycles. The van der Waals surface area contributed by atoms with Crippen molar-refractivity contribution in [3.63, 3.8) is 0 Å². The quantitative estimate of drug-likeness (QED) is 0.779. The lowest BCUT2D eigenvalue weighted by molar-refractivity contribution is 0.301. The Balaban J connectivity index is 1.64. The Bertz CT molecular complexity index is 542. The predicted octanol–water partition coefficient (Wildman–Crippen LogP) is 1.81. The van der Waals surface area contributed by atoms with Crippen molar-refractivity contribution in [1.82, 2.24) is 15.1 Å². The Morgan fingerprint density at radius 1 is 1.40 bits per heavy atom. The molecule has 20 heavy (non-hydrogen) atoms. The number of benzene rings is 1. The number of nitrogens with zero attached hydrogens (tertiary/aromatic N) is 3. The number of ether oxygens (including phenoxy) is 1. The second kappa shape index (κ2) is 7.31. The zero-order valence-electron chi connectivity index (χ0n) is 11.5. The van der Waals surface area contributed by atoms with Gasteiger partial charge in [-0.25, -0.2) is 0 Å². The van der Waals surface area contributed by atoms with Crippen molar-refractivity contribution < 1.29 is 4.74 Å². The van der Waals surface area contributed by atoms with Crippen molar-refractivity contribution in [2.24, 2.45) is 0 Å². The van der Waals surface area contributed by atoms with Gasteiger partial charge in [0.2, 0.25) is 0 Å². The van der Waals surface area contributed by atoms with Gasteiger partial charge in [0.1, 0.15) is 12.4 Å². The molecule has 5 heteroatoms. The number of nitriles is 1. The van der Waals surface area contributed by atoms with Crippen LogP contribution in [0.5, 0.6) is 5.75 Å². The normalized spacial score (nSPS) is 11.8. The molecule has 0 spiro atoms. The van der Waals surface area contributed by atoms with E-state index in [1.807, 2.05) is 29.1 Å². The van der Waals surface area contributed by atoms with Crippen LogP contribution in [0.25, 0.3) is 0 Å². The number of hydrogen-bond donors (Lipinski definition) is 1. The number of aromatic nitrogens is 2. The Morgan fingerprint density at radius 2 is 2.20 bits per heavy atom. The molecule has 0 bridgehead atoms. The first-order valence-corrected chi connectivity index (χ1v) is 6.61. The van der Waals surface area contributed by atoms with Crippen molar-refractivity contribution in [3.05, 3.63) is 48.3 Å². The van der Waals surface area contributed by atoms with Gasteiger partial charge < -0.3 is 10.1 Å². The van der Waals surface area contributed by atoms with Gasteiger partial charge in [-0.05, 0) is 37.3 Å². The lowest BCUT2D eigenvalue weighted by Gasteiger charge is -2.14. The summed E-state index contributed by atoms with van der Waals surface area (Å²) in [6.07, 6.45) is 3.73. The van der Waals surface area contributed by atoms with Gasteiger partial charge in [0.05, 0.1) is 18.2 Å². The fourth-order valence-corrected chi connectivity index (χ4v) is 1.85. The number of hydrogen-bond acceptors (Lipinski definition) is 4. The van der Waals surface area contributed by atoms with Gasteiger partial charge in [-0.2, -0.15) is 10.4 Å². The monoisotopic (exact) mass is 270 g/mol. The van der Waals surface area contributed by atoms with Crippen LogP contribution in [-0.4, -0.2) is 29.0 Å². The minimum Gasteiger partial charge on any atom is -0.492 e. The molecule has 0 amide bonds. The summed E-state index contributed by atoms with van der Waals surface area (Å²) < 4.78 is 7.50. The fourth-order valence-electron chi connectivity index (χ4n) is 1.85. The zero-order valence-corrected chi connectivity index (χ0v) is 11.5. The molecule has 1 N–H and O–H groups in total. The highest BCUT2D eigenvalue weighted by Crippen LogP contribution is 2.10. The van der Waals surface area contributed by atoms with Crippen molar-refractivity contribution in [2.75, 3.05) is 13.2 Å². The van der Waals surface area contributed by atoms with Crippen LogP contribution in [0, 0.1) is 11.3 Å². The van der Waals surface area contributed by atoms with E-state index in [1.165, 1.54) is 0 Å². The topological polar surface area (TPSA) is 62.9 Å². The molecule has 0 radical (unpaired) electrons. The Hall–Kier alpha value is -2.32. The summed E-state index contributed by atoms with van der Waals surface area (Å²) in [6.45, 7) is 4.31. The van der Waals surface area contributed by atoms with Crippen LogP contribution in [-0.2, 0) is 6.54 Å². The lowest BCUT2D eigenvalue weighted by Crippen LogP contribution is -2.33. The third-order valence-corrected chi connectivity index (χ3v) is 2.87. The van der Waals surface area contributed by atoms with E-state index < -0.39 is 0 Å². The van der Waals surface area contributed by atoms with E-state index in [4.69, 9.17) is 10.00 Å². The third-order valence-electron chi connectivity index (χ3n) is 2.87. The van der Waals surface area contributed by atoms with E-state index in [0.29, 0.717) is 18.2 Å². The van der Waals surface area contributed by atoms with Crippen molar-refractivity contribution >= 4 is 0 Å². The van der Waals surface area contributed by atoms with E-state index in [0.717, 1.165) is 18.8 Å². The van der Waals surface area contributed by atoms with E-state index in [-0.39, 0.29) is 0 Å². The Morgan fingerprint density at radius 3 is 2.85 bits per heavy atom. The lowest BCUT2D eigenvalue weighted by atomic mass is 10.2. The second-order valence-electron chi connectivity index (χ2n) is 4.57. The summed E-state index contributed by atoms with van der Waals surface area (Å²) in [5.74, 6) is 0.783. The first-order chi connectivity index (χ1) is 9.78. The minimum absolute atomic E-state index is 0.333. The molecule has 1 aromatic carbocycles. The smallest absolute Gasteiger partial charge is 0.119 e. The highest BCUT2D eigenvalue weighted by atomic mass is 16.5. The fraction of sp³-hybridized carbons (Fsp3) is 0.333. The zero-order chi connectivity index (χ0) is 14.2. The van der Waals surface area contributed by atoms with Gasteiger partial charge in [0.25, 0.3) is 0 Å². The van der Waals surface area contributed by atoms with Gasteiger partial charge in [-0.1, -0.05) is 0 Å². The Labute approximate surface area is 118 Å². The van der Waals surface area contributed by atoms with Crippen LogP contribution >= 0.6 is 0 Å². The molecule has 0 aliphatic rings. The molecule has 1 heterocycles. The van der Waals surface area contributed by atoms with Crippen LogP contribution in [0.1, 0.15) is 12.5 Å². The molecule has 0 saturated carbocycles. The average Bonchev–Trinajstić information content (AvgIpc) is 2.97. The van der Waals surface area contributed by atoms with Crippen LogP contribution in [0.4, 0.5) is 0 Å². The molecular formula is C15H18N4O. The summed E-state index contributed by atoms with van der Waals surface area (Å²) >= 11 is 0. The standard InChI is InChI=1S/C15H18N4O/c1-13(12-19-9-2-7-18-19)17-8-10-20-15-5-3-14(11-16)4-6-15/h2-7,9,13,17H,8,10,12H2,1H3/t13-/m1/s1. The maximum Gasteiger partial charge on any atom is 0.119 e. The van der Waals surface area contributed by atoms with E-state index in [2.05, 4.69) is 23.4 Å². The van der Waals surface area contributed by atoms with Gasteiger partial charge in [0, 0.05) is 25.0 Å². The molecule has 2 aromatic rings. The van der Waals surface area contributed by atoms with Crippen molar-refractivity contribution in [3.8, 4) is 11.8 Å². The van der Waals surface area contributed by atoms with E-state index in [1.54, 1.807) is 18.3 Å². The SMILES string of the molecule is C[C@H](Cn1cccn1)NCCOc1ccc(C#N)cc1. The van der Waals surface area contributed by atoms with Crippen LogP contribution in [0.3, 0.4) is 0 Å². The average molecular weight is 270 g/mol. The summed E-state index contributed by atoms with van der Waals surface area (Å²) in [5.41, 5.74) is 0.642. The molecule has 0 saturated heterocycles. The molecule has 1 atom stereocenters. The van der Waals surface area contributed by atoms with Crippen LogP contribution in [0.15, 0.2) is 42.7 Å². The molecule has 2 rings (SSSR count). The van der Waals surface area contributed by atoms with Crippen molar-refractivity contribution in [1.29, 1.82) is 5.26 Å². The van der Waals surface area contributed by atoms with E-state index >= 15 is 0 Å². The third kappa shape index (κ3) is 4.41. The number of nitrogens with one attached hydrogen (secondary N) is 1. The highest BCUT2D eigenvalue weighted by Gasteiger charge is 2.02. The number of rotatable bonds is 7. The molecule has 1 aromatic heterocycles. The minimum atomic E-state index is 0.333. The molecule has 0 fully saturated rings. The first kappa shape index (κ1) is 14.1. The first-order valence-electron chi connectivity index (χ1n) is 6.61. The summed E-state index contributed by atoms with van der Waals surface area (Å²) in [6, 6.07) is 11.5. The van der Waals surface area contributed by atoms with E-state index in [9.17, 15) is 0 Å². The largest absolute Gasteiger partial charge is 0.492 e. The second-order valence-corrected chi connectivity index (χ2v) is 4.57. The van der Waals surface area contributed by atoms with Crippen LogP contribution < -0.4 is 10.1 Å². The molecular weight excluding hydrogens is 252 g/mol. The van der Waals surface area contributed by atoms with Crippen molar-refractivity contribution in [2.45, 2.75) is 19.5 Å². The maximum atomic E-state index is 8.70. The van der Waals surface area contributed by atoms with Gasteiger partial charge >= 0.3 is 0 Å². The predicted molar refractivity (Wildman–Crippen MR) is 76.3 cm³/mol. The summed E-state index contributed by atoms with van der Waals surface area (Å²) in [7, 11) is 0.